The lowest BCUT2D eigenvalue weighted by atomic mass is 9.88. The Morgan fingerprint density at radius 1 is 1.50 bits per heavy atom. The van der Waals surface area contributed by atoms with Gasteiger partial charge in [-0.2, -0.15) is 0 Å². The van der Waals surface area contributed by atoms with Crippen LogP contribution in [0, 0.1) is 0 Å². The normalized spacial score (nSPS) is 19.8. The van der Waals surface area contributed by atoms with Crippen molar-refractivity contribution in [2.24, 2.45) is 5.73 Å². The van der Waals surface area contributed by atoms with Crippen LogP contribution < -0.4 is 10.5 Å². The van der Waals surface area contributed by atoms with Gasteiger partial charge in [0.05, 0.1) is 0 Å². The third kappa shape index (κ3) is 2.45. The van der Waals surface area contributed by atoms with E-state index >= 15 is 0 Å². The third-order valence-electron chi connectivity index (χ3n) is 3.06. The van der Waals surface area contributed by atoms with Gasteiger partial charge in [-0.3, -0.25) is 0 Å². The van der Waals surface area contributed by atoms with E-state index in [0.717, 1.165) is 18.6 Å². The second-order valence-corrected chi connectivity index (χ2v) is 4.24. The molecule has 0 bridgehead atoms. The summed E-state index contributed by atoms with van der Waals surface area (Å²) in [6.45, 7) is 2.62. The predicted octanol–water partition coefficient (Wildman–Crippen LogP) is 2.98. The molecule has 0 saturated carbocycles. The maximum atomic E-state index is 6.10. The molecule has 0 aromatic heterocycles. The number of hydrogen-bond acceptors (Lipinski definition) is 2. The number of benzene rings is 1. The number of aryl methyl sites for hydroxylation is 1. The Hall–Kier alpha value is -1.28. The molecule has 0 saturated heterocycles. The van der Waals surface area contributed by atoms with Crippen molar-refractivity contribution in [3.05, 3.63) is 41.5 Å². The lowest BCUT2D eigenvalue weighted by Crippen LogP contribution is -2.17. The average molecular weight is 217 g/mol. The lowest BCUT2D eigenvalue weighted by molar-refractivity contribution is 0.361. The molecule has 0 heterocycles. The Morgan fingerprint density at radius 3 is 3.19 bits per heavy atom. The summed E-state index contributed by atoms with van der Waals surface area (Å²) in [5.41, 5.74) is 8.75. The first-order chi connectivity index (χ1) is 7.81. The highest BCUT2D eigenvalue weighted by atomic mass is 16.5. The van der Waals surface area contributed by atoms with Crippen molar-refractivity contribution in [1.82, 2.24) is 0 Å². The summed E-state index contributed by atoms with van der Waals surface area (Å²) in [6.07, 6.45) is 7.43. The minimum atomic E-state index is 0.189. The first-order valence-electron chi connectivity index (χ1n) is 5.93. The molecule has 2 rings (SSSR count). The lowest BCUT2D eigenvalue weighted by Gasteiger charge is -2.22. The molecule has 1 aromatic carbocycles. The Balaban J connectivity index is 2.14. The molecule has 1 atom stereocenters. The van der Waals surface area contributed by atoms with Crippen LogP contribution in [0.4, 0.5) is 0 Å². The number of fused-ring (bicyclic) bond motifs is 1. The number of rotatable bonds is 3. The largest absolute Gasteiger partial charge is 0.490 e. The Bertz CT molecular complexity index is 384. The molecular formula is C14H19NO. The van der Waals surface area contributed by atoms with E-state index in [2.05, 4.69) is 12.1 Å². The fourth-order valence-corrected chi connectivity index (χ4v) is 2.14. The summed E-state index contributed by atoms with van der Waals surface area (Å²) < 4.78 is 5.62. The van der Waals surface area contributed by atoms with Crippen LogP contribution in [0.3, 0.4) is 0 Å². The van der Waals surface area contributed by atoms with Crippen molar-refractivity contribution < 1.29 is 4.74 Å². The first-order valence-corrected chi connectivity index (χ1v) is 5.93. The zero-order valence-electron chi connectivity index (χ0n) is 9.78. The van der Waals surface area contributed by atoms with Gasteiger partial charge >= 0.3 is 0 Å². The van der Waals surface area contributed by atoms with Crippen LogP contribution in [-0.4, -0.2) is 6.61 Å². The van der Waals surface area contributed by atoms with Crippen molar-refractivity contribution >= 4 is 0 Å². The maximum absolute atomic E-state index is 6.10. The molecule has 0 spiro atoms. The van der Waals surface area contributed by atoms with Crippen LogP contribution in [0.25, 0.3) is 0 Å². The monoisotopic (exact) mass is 217 g/mol. The molecule has 16 heavy (non-hydrogen) atoms. The van der Waals surface area contributed by atoms with Crippen LogP contribution in [-0.2, 0) is 6.42 Å². The fraction of sp³-hybridized carbons (Fsp3) is 0.429. The molecule has 1 unspecified atom stereocenters. The maximum Gasteiger partial charge on any atom is 0.120 e. The van der Waals surface area contributed by atoms with Crippen molar-refractivity contribution in [3.8, 4) is 5.75 Å². The SMILES string of the molecule is C/C=C/COc1ccc2c(c1)C(N)CCC2. The van der Waals surface area contributed by atoms with Crippen LogP contribution in [0.2, 0.25) is 0 Å². The third-order valence-corrected chi connectivity index (χ3v) is 3.06. The second-order valence-electron chi connectivity index (χ2n) is 4.24. The molecule has 1 aliphatic carbocycles. The molecule has 0 amide bonds. The minimum Gasteiger partial charge on any atom is -0.490 e. The van der Waals surface area contributed by atoms with Gasteiger partial charge < -0.3 is 10.5 Å². The molecule has 2 heteroatoms. The summed E-state index contributed by atoms with van der Waals surface area (Å²) in [6, 6.07) is 6.48. The smallest absolute Gasteiger partial charge is 0.120 e. The van der Waals surface area contributed by atoms with E-state index in [9.17, 15) is 0 Å². The highest BCUT2D eigenvalue weighted by Crippen LogP contribution is 2.30. The zero-order valence-corrected chi connectivity index (χ0v) is 9.78. The predicted molar refractivity (Wildman–Crippen MR) is 66.6 cm³/mol. The summed E-state index contributed by atoms with van der Waals surface area (Å²) in [5, 5.41) is 0. The topological polar surface area (TPSA) is 35.2 Å². The molecule has 0 radical (unpaired) electrons. The Labute approximate surface area is 97.1 Å². The van der Waals surface area contributed by atoms with E-state index in [0.29, 0.717) is 6.61 Å². The van der Waals surface area contributed by atoms with Crippen molar-refractivity contribution in [1.29, 1.82) is 0 Å². The van der Waals surface area contributed by atoms with Gasteiger partial charge in [-0.25, -0.2) is 0 Å². The van der Waals surface area contributed by atoms with Crippen molar-refractivity contribution in [3.63, 3.8) is 0 Å². The minimum absolute atomic E-state index is 0.189. The number of allylic oxidation sites excluding steroid dienone is 1. The van der Waals surface area contributed by atoms with Crippen molar-refractivity contribution in [2.45, 2.75) is 32.2 Å². The highest BCUT2D eigenvalue weighted by molar-refractivity contribution is 5.39. The van der Waals surface area contributed by atoms with E-state index in [1.807, 2.05) is 25.1 Å². The van der Waals surface area contributed by atoms with Gasteiger partial charge in [0, 0.05) is 6.04 Å². The van der Waals surface area contributed by atoms with Crippen LogP contribution >= 0.6 is 0 Å². The molecule has 2 nitrogen and oxygen atoms in total. The van der Waals surface area contributed by atoms with Gasteiger partial charge in [-0.15, -0.1) is 0 Å². The standard InChI is InChI=1S/C14H19NO/c1-2-3-9-16-12-8-7-11-5-4-6-14(15)13(11)10-12/h2-3,7-8,10,14H,4-6,9,15H2,1H3/b3-2+. The van der Waals surface area contributed by atoms with Crippen LogP contribution in [0.1, 0.15) is 36.9 Å². The summed E-state index contributed by atoms with van der Waals surface area (Å²) >= 11 is 0. The quantitative estimate of drug-likeness (QED) is 0.790. The summed E-state index contributed by atoms with van der Waals surface area (Å²) in [7, 11) is 0. The molecule has 0 fully saturated rings. The van der Waals surface area contributed by atoms with Gasteiger partial charge in [-0.1, -0.05) is 18.2 Å². The van der Waals surface area contributed by atoms with E-state index in [1.54, 1.807) is 0 Å². The fourth-order valence-electron chi connectivity index (χ4n) is 2.14. The molecule has 1 aliphatic rings. The Kier molecular flexibility index (Phi) is 3.62. The number of ether oxygens (including phenoxy) is 1. The molecule has 86 valence electrons. The van der Waals surface area contributed by atoms with E-state index in [-0.39, 0.29) is 6.04 Å². The second kappa shape index (κ2) is 5.17. The van der Waals surface area contributed by atoms with Crippen molar-refractivity contribution in [2.75, 3.05) is 6.61 Å². The van der Waals surface area contributed by atoms with E-state index < -0.39 is 0 Å². The van der Waals surface area contributed by atoms with Gasteiger partial charge in [-0.05, 0) is 49.4 Å². The van der Waals surface area contributed by atoms with E-state index in [4.69, 9.17) is 10.5 Å². The number of hydrogen-bond donors (Lipinski definition) is 1. The first kappa shape index (κ1) is 11.2. The molecule has 2 N–H and O–H groups in total. The van der Waals surface area contributed by atoms with Crippen LogP contribution in [0.15, 0.2) is 30.4 Å². The van der Waals surface area contributed by atoms with Gasteiger partial charge in [0.2, 0.25) is 0 Å². The highest BCUT2D eigenvalue weighted by Gasteiger charge is 2.16. The van der Waals surface area contributed by atoms with Gasteiger partial charge in [0.15, 0.2) is 0 Å². The molecule has 0 aliphatic heterocycles. The summed E-state index contributed by atoms with van der Waals surface area (Å²) in [4.78, 5) is 0. The van der Waals surface area contributed by atoms with Crippen LogP contribution in [0.5, 0.6) is 5.75 Å². The average Bonchev–Trinajstić information content (AvgIpc) is 2.30. The summed E-state index contributed by atoms with van der Waals surface area (Å²) in [5.74, 6) is 0.925. The van der Waals surface area contributed by atoms with Gasteiger partial charge in [0.1, 0.15) is 12.4 Å². The molecular weight excluding hydrogens is 198 g/mol. The Morgan fingerprint density at radius 2 is 2.38 bits per heavy atom. The van der Waals surface area contributed by atoms with Gasteiger partial charge in [0.25, 0.3) is 0 Å². The zero-order chi connectivity index (χ0) is 11.4. The number of nitrogens with two attached hydrogens (primary N) is 1. The van der Waals surface area contributed by atoms with E-state index in [1.165, 1.54) is 17.5 Å². The molecule has 1 aromatic rings.